The molecule has 0 aliphatic rings. The molecule has 0 amide bonds. The molecule has 10 heavy (non-hydrogen) atoms. The zero-order valence-corrected chi connectivity index (χ0v) is 7.92. The van der Waals surface area contributed by atoms with Crippen LogP contribution < -0.4 is 0 Å². The summed E-state index contributed by atoms with van der Waals surface area (Å²) in [5.41, 5.74) is 0.558. The van der Waals surface area contributed by atoms with Crippen molar-refractivity contribution in [3.63, 3.8) is 0 Å². The summed E-state index contributed by atoms with van der Waals surface area (Å²) in [7, 11) is 1.80. The van der Waals surface area contributed by atoms with Crippen LogP contribution >= 0.6 is 22.6 Å². The van der Waals surface area contributed by atoms with Crippen LogP contribution in [0.4, 0.5) is 0 Å². The Kier molecular flexibility index (Phi) is 2.08. The van der Waals surface area contributed by atoms with Crippen LogP contribution in [0.2, 0.25) is 0 Å². The average Bonchev–Trinajstić information content (AvgIpc) is 2.10. The van der Waals surface area contributed by atoms with Crippen molar-refractivity contribution in [2.45, 2.75) is 6.92 Å². The van der Waals surface area contributed by atoms with Gasteiger partial charge in [-0.05, 0) is 22.6 Å². The Morgan fingerprint density at radius 2 is 2.40 bits per heavy atom. The summed E-state index contributed by atoms with van der Waals surface area (Å²) in [4.78, 5) is 10.8. The number of nitrogens with zero attached hydrogens (tertiary/aromatic N) is 2. The highest BCUT2D eigenvalue weighted by atomic mass is 127. The Morgan fingerprint density at radius 3 is 2.60 bits per heavy atom. The zero-order chi connectivity index (χ0) is 7.72. The van der Waals surface area contributed by atoms with Gasteiger partial charge in [-0.25, -0.2) is 0 Å². The molecule has 0 aromatic carbocycles. The average molecular weight is 250 g/mol. The zero-order valence-electron chi connectivity index (χ0n) is 5.76. The monoisotopic (exact) mass is 250 g/mol. The molecule has 54 valence electrons. The molecule has 0 aliphatic carbocycles. The Labute approximate surface area is 72.6 Å². The highest BCUT2D eigenvalue weighted by molar-refractivity contribution is 14.1. The first-order chi connectivity index (χ1) is 4.61. The van der Waals surface area contributed by atoms with E-state index in [1.807, 2.05) is 6.20 Å². The van der Waals surface area contributed by atoms with Gasteiger partial charge >= 0.3 is 0 Å². The third-order valence-corrected chi connectivity index (χ3v) is 1.91. The molecule has 1 aromatic heterocycles. The van der Waals surface area contributed by atoms with Gasteiger partial charge in [0.1, 0.15) is 5.69 Å². The Morgan fingerprint density at radius 1 is 1.80 bits per heavy atom. The lowest BCUT2D eigenvalue weighted by Crippen LogP contribution is -1.96. The number of hydrogen-bond acceptors (Lipinski definition) is 2. The van der Waals surface area contributed by atoms with Gasteiger partial charge in [0.25, 0.3) is 0 Å². The lowest BCUT2D eigenvalue weighted by molar-refractivity contribution is 0.101. The molecular formula is C6H7IN2O. The molecule has 0 fully saturated rings. The number of halogens is 1. The molecule has 0 saturated heterocycles. The molecule has 1 aromatic rings. The van der Waals surface area contributed by atoms with Crippen LogP contribution in [-0.4, -0.2) is 15.6 Å². The molecule has 0 radical (unpaired) electrons. The topological polar surface area (TPSA) is 34.9 Å². The standard InChI is InChI=1S/C6H7IN2O/c1-4(10)6-5(7)3-9(2)8-6/h3H,1-2H3. The molecule has 0 atom stereocenters. The molecule has 0 bridgehead atoms. The summed E-state index contributed by atoms with van der Waals surface area (Å²) in [5, 5.41) is 3.97. The lowest BCUT2D eigenvalue weighted by atomic mass is 10.3. The maximum absolute atomic E-state index is 10.8. The summed E-state index contributed by atoms with van der Waals surface area (Å²) >= 11 is 2.09. The molecule has 0 spiro atoms. The second-order valence-electron chi connectivity index (χ2n) is 2.06. The second-order valence-corrected chi connectivity index (χ2v) is 3.22. The fraction of sp³-hybridized carbons (Fsp3) is 0.333. The molecule has 0 unspecified atom stereocenters. The first-order valence-electron chi connectivity index (χ1n) is 2.81. The molecule has 1 heterocycles. The molecule has 0 saturated carbocycles. The molecule has 1 rings (SSSR count). The fourth-order valence-corrected chi connectivity index (χ4v) is 1.59. The predicted octanol–water partition coefficient (Wildman–Crippen LogP) is 1.23. The van der Waals surface area contributed by atoms with Gasteiger partial charge in [0.15, 0.2) is 5.78 Å². The van der Waals surface area contributed by atoms with E-state index in [-0.39, 0.29) is 5.78 Å². The number of rotatable bonds is 1. The third-order valence-electron chi connectivity index (χ3n) is 1.12. The Bertz CT molecular complexity index is 267. The van der Waals surface area contributed by atoms with Gasteiger partial charge in [0, 0.05) is 20.2 Å². The van der Waals surface area contributed by atoms with E-state index in [1.165, 1.54) is 6.92 Å². The van der Waals surface area contributed by atoms with E-state index in [9.17, 15) is 4.79 Å². The molecule has 0 N–H and O–H groups in total. The van der Waals surface area contributed by atoms with E-state index in [2.05, 4.69) is 27.7 Å². The van der Waals surface area contributed by atoms with Gasteiger partial charge in [-0.3, -0.25) is 9.48 Å². The van der Waals surface area contributed by atoms with Crippen LogP contribution in [0.1, 0.15) is 17.4 Å². The minimum Gasteiger partial charge on any atom is -0.293 e. The summed E-state index contributed by atoms with van der Waals surface area (Å²) < 4.78 is 2.55. The van der Waals surface area contributed by atoms with E-state index >= 15 is 0 Å². The van der Waals surface area contributed by atoms with Crippen molar-refractivity contribution < 1.29 is 4.79 Å². The maximum atomic E-state index is 10.8. The van der Waals surface area contributed by atoms with Gasteiger partial charge in [0.2, 0.25) is 0 Å². The fourth-order valence-electron chi connectivity index (χ4n) is 0.698. The third kappa shape index (κ3) is 1.36. The van der Waals surface area contributed by atoms with E-state index in [1.54, 1.807) is 11.7 Å². The normalized spacial score (nSPS) is 9.90. The van der Waals surface area contributed by atoms with Crippen LogP contribution in [0.25, 0.3) is 0 Å². The molecule has 0 aliphatic heterocycles. The van der Waals surface area contributed by atoms with Crippen LogP contribution in [-0.2, 0) is 7.05 Å². The van der Waals surface area contributed by atoms with Gasteiger partial charge in [0.05, 0.1) is 3.57 Å². The van der Waals surface area contributed by atoms with Crippen LogP contribution in [0.15, 0.2) is 6.20 Å². The number of hydrogen-bond donors (Lipinski definition) is 0. The van der Waals surface area contributed by atoms with Crippen molar-refractivity contribution in [1.82, 2.24) is 9.78 Å². The predicted molar refractivity (Wildman–Crippen MR) is 45.9 cm³/mol. The van der Waals surface area contributed by atoms with Gasteiger partial charge in [-0.1, -0.05) is 0 Å². The van der Waals surface area contributed by atoms with E-state index in [4.69, 9.17) is 0 Å². The van der Waals surface area contributed by atoms with Gasteiger partial charge < -0.3 is 0 Å². The van der Waals surface area contributed by atoms with Crippen molar-refractivity contribution >= 4 is 28.4 Å². The highest BCUT2D eigenvalue weighted by Crippen LogP contribution is 2.09. The summed E-state index contributed by atoms with van der Waals surface area (Å²) in [6, 6.07) is 0. The van der Waals surface area contributed by atoms with Crippen molar-refractivity contribution in [2.75, 3.05) is 0 Å². The molecule has 3 nitrogen and oxygen atoms in total. The largest absolute Gasteiger partial charge is 0.293 e. The van der Waals surface area contributed by atoms with E-state index in [0.717, 1.165) is 3.57 Å². The van der Waals surface area contributed by atoms with Gasteiger partial charge in [-0.2, -0.15) is 5.10 Å². The van der Waals surface area contributed by atoms with Crippen molar-refractivity contribution in [3.05, 3.63) is 15.5 Å². The highest BCUT2D eigenvalue weighted by Gasteiger charge is 2.07. The van der Waals surface area contributed by atoms with Gasteiger partial charge in [-0.15, -0.1) is 0 Å². The SMILES string of the molecule is CC(=O)c1nn(C)cc1I. The maximum Gasteiger partial charge on any atom is 0.181 e. The van der Waals surface area contributed by atoms with Crippen LogP contribution in [0, 0.1) is 3.57 Å². The smallest absolute Gasteiger partial charge is 0.181 e. The van der Waals surface area contributed by atoms with Crippen LogP contribution in [0.3, 0.4) is 0 Å². The van der Waals surface area contributed by atoms with Crippen molar-refractivity contribution in [3.8, 4) is 0 Å². The Balaban J connectivity index is 3.15. The Hall–Kier alpha value is -0.390. The number of carbonyl (C=O) groups is 1. The number of Topliss-reactive ketones (excluding diaryl/α,β-unsaturated/α-hetero) is 1. The first-order valence-corrected chi connectivity index (χ1v) is 3.89. The molecular weight excluding hydrogens is 243 g/mol. The van der Waals surface area contributed by atoms with Crippen molar-refractivity contribution in [1.29, 1.82) is 0 Å². The number of aromatic nitrogens is 2. The van der Waals surface area contributed by atoms with E-state index in [0.29, 0.717) is 5.69 Å². The second kappa shape index (κ2) is 2.69. The van der Waals surface area contributed by atoms with E-state index < -0.39 is 0 Å². The minimum absolute atomic E-state index is 0.0185. The quantitative estimate of drug-likeness (QED) is 0.555. The van der Waals surface area contributed by atoms with Crippen LogP contribution in [0.5, 0.6) is 0 Å². The number of ketones is 1. The summed E-state index contributed by atoms with van der Waals surface area (Å²) in [6.45, 7) is 1.52. The summed E-state index contributed by atoms with van der Waals surface area (Å²) in [5.74, 6) is 0.0185. The minimum atomic E-state index is 0.0185. The first kappa shape index (κ1) is 7.71. The lowest BCUT2D eigenvalue weighted by Gasteiger charge is -1.85. The molecule has 4 heteroatoms. The summed E-state index contributed by atoms with van der Waals surface area (Å²) in [6.07, 6.45) is 1.82. The number of aryl methyl sites for hydroxylation is 1. The number of carbonyl (C=O) groups excluding carboxylic acids is 1. The van der Waals surface area contributed by atoms with Crippen molar-refractivity contribution in [2.24, 2.45) is 7.05 Å².